The van der Waals surface area contributed by atoms with Gasteiger partial charge in [-0.05, 0) is 18.2 Å². The molecule has 0 aliphatic heterocycles. The monoisotopic (exact) mass is 175 g/mol. The fraction of sp³-hybridized carbons (Fsp3) is 0. The van der Waals surface area contributed by atoms with Gasteiger partial charge in [0.1, 0.15) is 0 Å². The number of rotatable bonds is 1. The van der Waals surface area contributed by atoms with Crippen molar-refractivity contribution in [1.82, 2.24) is 4.98 Å². The Bertz CT molecular complexity index is 443. The lowest BCUT2D eigenvalue weighted by atomic mass is 10.2. The summed E-state index contributed by atoms with van der Waals surface area (Å²) in [5, 5.41) is 20.6. The Morgan fingerprint density at radius 2 is 2.15 bits per heavy atom. The Kier molecular flexibility index (Phi) is 1.75. The van der Waals surface area contributed by atoms with Crippen molar-refractivity contribution in [2.75, 3.05) is 5.48 Å². The van der Waals surface area contributed by atoms with Crippen LogP contribution in [-0.4, -0.2) is 10.2 Å². The molecule has 4 heteroatoms. The van der Waals surface area contributed by atoms with Crippen molar-refractivity contribution >= 4 is 16.6 Å². The van der Waals surface area contributed by atoms with Gasteiger partial charge in [0, 0.05) is 11.6 Å². The minimum Gasteiger partial charge on any atom is -0.871 e. The van der Waals surface area contributed by atoms with Gasteiger partial charge in [0.05, 0.1) is 11.2 Å². The Hall–Kier alpha value is -1.81. The first-order chi connectivity index (χ1) is 6.33. The maximum Gasteiger partial charge on any atom is 0.0695 e. The van der Waals surface area contributed by atoms with Crippen LogP contribution in [0.25, 0.3) is 10.9 Å². The van der Waals surface area contributed by atoms with E-state index in [1.165, 1.54) is 12.1 Å². The van der Waals surface area contributed by atoms with E-state index in [9.17, 15) is 5.11 Å². The van der Waals surface area contributed by atoms with Crippen molar-refractivity contribution in [2.45, 2.75) is 0 Å². The molecular formula is C9H7N2O2-. The van der Waals surface area contributed by atoms with Gasteiger partial charge < -0.3 is 5.11 Å². The molecule has 1 heterocycles. The highest BCUT2D eigenvalue weighted by atomic mass is 16.5. The summed E-state index contributed by atoms with van der Waals surface area (Å²) in [4.78, 5) is 3.93. The summed E-state index contributed by atoms with van der Waals surface area (Å²) >= 11 is 0. The summed E-state index contributed by atoms with van der Waals surface area (Å²) in [5.74, 6) is -0.144. The maximum absolute atomic E-state index is 11.3. The molecule has 1 aromatic heterocycles. The third-order valence-electron chi connectivity index (χ3n) is 1.85. The van der Waals surface area contributed by atoms with Gasteiger partial charge >= 0.3 is 0 Å². The molecule has 13 heavy (non-hydrogen) atoms. The highest BCUT2D eigenvalue weighted by Gasteiger charge is 1.99. The number of nitrogens with zero attached hydrogens (tertiary/aromatic N) is 1. The van der Waals surface area contributed by atoms with Gasteiger partial charge in [-0.25, -0.2) is 0 Å². The van der Waals surface area contributed by atoms with Crippen LogP contribution >= 0.6 is 0 Å². The largest absolute Gasteiger partial charge is 0.871 e. The van der Waals surface area contributed by atoms with Crippen LogP contribution in [0.5, 0.6) is 5.75 Å². The lowest BCUT2D eigenvalue weighted by molar-refractivity contribution is -0.266. The molecule has 0 unspecified atom stereocenters. The van der Waals surface area contributed by atoms with E-state index in [4.69, 9.17) is 5.21 Å². The highest BCUT2D eigenvalue weighted by Crippen LogP contribution is 2.26. The van der Waals surface area contributed by atoms with Crippen LogP contribution in [0.15, 0.2) is 30.5 Å². The smallest absolute Gasteiger partial charge is 0.0695 e. The normalized spacial score (nSPS) is 10.2. The number of hydrogen-bond donors (Lipinski definition) is 2. The van der Waals surface area contributed by atoms with Gasteiger partial charge in [-0.2, -0.15) is 0 Å². The molecule has 2 aromatic rings. The molecule has 0 spiro atoms. The second-order valence-corrected chi connectivity index (χ2v) is 2.62. The Balaban J connectivity index is 2.84. The lowest BCUT2D eigenvalue weighted by Crippen LogP contribution is -1.96. The number of aromatic nitrogens is 1. The third kappa shape index (κ3) is 1.17. The molecule has 0 amide bonds. The molecule has 0 saturated carbocycles. The SMILES string of the molecule is [O-]c1ccc(NO)c2cccnc12. The zero-order valence-corrected chi connectivity index (χ0v) is 6.69. The zero-order chi connectivity index (χ0) is 9.26. The summed E-state index contributed by atoms with van der Waals surface area (Å²) in [6.07, 6.45) is 1.55. The molecule has 4 nitrogen and oxygen atoms in total. The van der Waals surface area contributed by atoms with Crippen LogP contribution in [0.1, 0.15) is 0 Å². The van der Waals surface area contributed by atoms with E-state index in [1.807, 2.05) is 5.48 Å². The summed E-state index contributed by atoms with van der Waals surface area (Å²) < 4.78 is 0. The van der Waals surface area contributed by atoms with Gasteiger partial charge in [0.25, 0.3) is 0 Å². The molecule has 0 radical (unpaired) electrons. The highest BCUT2D eigenvalue weighted by molar-refractivity contribution is 5.94. The molecule has 2 rings (SSSR count). The van der Waals surface area contributed by atoms with E-state index in [0.29, 0.717) is 16.6 Å². The average molecular weight is 175 g/mol. The molecule has 1 aromatic carbocycles. The lowest BCUT2D eigenvalue weighted by Gasteiger charge is -2.11. The van der Waals surface area contributed by atoms with Crippen LogP contribution in [-0.2, 0) is 0 Å². The summed E-state index contributed by atoms with van der Waals surface area (Å²) in [6.45, 7) is 0. The number of benzene rings is 1. The standard InChI is InChI=1S/C9H8N2O2/c12-8-4-3-7(11-13)6-2-1-5-10-9(6)8/h1-5,11-13H/p-1. The van der Waals surface area contributed by atoms with Gasteiger partial charge in [0.15, 0.2) is 0 Å². The first kappa shape index (κ1) is 7.82. The molecule has 0 aliphatic carbocycles. The minimum atomic E-state index is -0.144. The molecule has 0 fully saturated rings. The zero-order valence-electron chi connectivity index (χ0n) is 6.69. The second kappa shape index (κ2) is 2.91. The van der Waals surface area contributed by atoms with Crippen molar-refractivity contribution in [1.29, 1.82) is 0 Å². The number of hydrogen-bond acceptors (Lipinski definition) is 4. The Morgan fingerprint density at radius 3 is 2.92 bits per heavy atom. The van der Waals surface area contributed by atoms with E-state index >= 15 is 0 Å². The topological polar surface area (TPSA) is 68.2 Å². The van der Waals surface area contributed by atoms with Gasteiger partial charge in [-0.15, -0.1) is 0 Å². The van der Waals surface area contributed by atoms with Crippen LogP contribution < -0.4 is 10.6 Å². The van der Waals surface area contributed by atoms with E-state index < -0.39 is 0 Å². The maximum atomic E-state index is 11.3. The van der Waals surface area contributed by atoms with Crippen molar-refractivity contribution < 1.29 is 10.3 Å². The third-order valence-corrected chi connectivity index (χ3v) is 1.85. The number of anilines is 1. The van der Waals surface area contributed by atoms with Crippen molar-refractivity contribution in [3.63, 3.8) is 0 Å². The molecule has 0 atom stereocenters. The van der Waals surface area contributed by atoms with Gasteiger partial charge in [-0.3, -0.25) is 15.7 Å². The van der Waals surface area contributed by atoms with E-state index in [-0.39, 0.29) is 5.75 Å². The van der Waals surface area contributed by atoms with Crippen LogP contribution in [0.4, 0.5) is 5.69 Å². The van der Waals surface area contributed by atoms with Gasteiger partial charge in [0.2, 0.25) is 0 Å². The summed E-state index contributed by atoms with van der Waals surface area (Å²) in [6, 6.07) is 6.32. The van der Waals surface area contributed by atoms with E-state index in [0.717, 1.165) is 0 Å². The van der Waals surface area contributed by atoms with E-state index in [1.54, 1.807) is 18.3 Å². The predicted molar refractivity (Wildman–Crippen MR) is 46.6 cm³/mol. The molecule has 2 N–H and O–H groups in total. The first-order valence-corrected chi connectivity index (χ1v) is 3.78. The van der Waals surface area contributed by atoms with Crippen molar-refractivity contribution in [3.8, 4) is 5.75 Å². The molecular weight excluding hydrogens is 168 g/mol. The van der Waals surface area contributed by atoms with E-state index in [2.05, 4.69) is 4.98 Å². The van der Waals surface area contributed by atoms with Gasteiger partial charge in [-0.1, -0.05) is 11.8 Å². The quantitative estimate of drug-likeness (QED) is 0.637. The molecule has 66 valence electrons. The van der Waals surface area contributed by atoms with Crippen LogP contribution in [0.2, 0.25) is 0 Å². The summed E-state index contributed by atoms with van der Waals surface area (Å²) in [5.41, 5.74) is 2.87. The van der Waals surface area contributed by atoms with Crippen molar-refractivity contribution in [3.05, 3.63) is 30.5 Å². The van der Waals surface area contributed by atoms with Crippen LogP contribution in [0.3, 0.4) is 0 Å². The first-order valence-electron chi connectivity index (χ1n) is 3.78. The van der Waals surface area contributed by atoms with Crippen molar-refractivity contribution in [2.24, 2.45) is 0 Å². The fourth-order valence-electron chi connectivity index (χ4n) is 1.24. The fourth-order valence-corrected chi connectivity index (χ4v) is 1.24. The number of pyridine rings is 1. The second-order valence-electron chi connectivity index (χ2n) is 2.62. The number of nitrogens with one attached hydrogen (secondary N) is 1. The average Bonchev–Trinajstić information content (AvgIpc) is 2.19. The molecule has 0 saturated heterocycles. The predicted octanol–water partition coefficient (Wildman–Crippen LogP) is 1.11. The number of fused-ring (bicyclic) bond motifs is 1. The summed E-state index contributed by atoms with van der Waals surface area (Å²) in [7, 11) is 0. The molecule has 0 bridgehead atoms. The van der Waals surface area contributed by atoms with Crippen LogP contribution in [0, 0.1) is 0 Å². The Labute approximate surface area is 74.4 Å². The molecule has 0 aliphatic rings. The Morgan fingerprint density at radius 1 is 1.31 bits per heavy atom. The minimum absolute atomic E-state index is 0.144.